The Labute approximate surface area is 115 Å². The highest BCUT2D eigenvalue weighted by Crippen LogP contribution is 2.30. The number of nitrogens with one attached hydrogen (secondary N) is 1. The minimum Gasteiger partial charge on any atom is -0.367 e. The second-order valence-corrected chi connectivity index (χ2v) is 6.05. The highest BCUT2D eigenvalue weighted by Gasteiger charge is 2.21. The number of imidazole rings is 1. The minimum absolute atomic E-state index is 0.774. The molecule has 2 atom stereocenters. The van der Waals surface area contributed by atoms with Crippen molar-refractivity contribution in [1.82, 2.24) is 14.4 Å². The van der Waals surface area contributed by atoms with Crippen molar-refractivity contribution in [2.45, 2.75) is 26.2 Å². The van der Waals surface area contributed by atoms with Crippen LogP contribution in [0.15, 0.2) is 23.2 Å². The van der Waals surface area contributed by atoms with E-state index < -0.39 is 0 Å². The highest BCUT2D eigenvalue weighted by atomic mass is 79.9. The maximum Gasteiger partial charge on any atom is 0.180 e. The van der Waals surface area contributed by atoms with Gasteiger partial charge in [0.2, 0.25) is 0 Å². The van der Waals surface area contributed by atoms with E-state index in [4.69, 9.17) is 0 Å². The van der Waals surface area contributed by atoms with Gasteiger partial charge in [0.15, 0.2) is 11.5 Å². The molecule has 4 nitrogen and oxygen atoms in total. The lowest BCUT2D eigenvalue weighted by molar-refractivity contribution is 0.536. The Morgan fingerprint density at radius 2 is 2.39 bits per heavy atom. The van der Waals surface area contributed by atoms with Gasteiger partial charge >= 0.3 is 0 Å². The first-order valence-corrected chi connectivity index (χ1v) is 7.25. The molecule has 5 heteroatoms. The van der Waals surface area contributed by atoms with Gasteiger partial charge in [-0.05, 0) is 40.6 Å². The average molecular weight is 309 g/mol. The fourth-order valence-corrected chi connectivity index (χ4v) is 3.17. The van der Waals surface area contributed by atoms with Crippen LogP contribution in [0.1, 0.15) is 26.2 Å². The van der Waals surface area contributed by atoms with Crippen LogP contribution in [0.5, 0.6) is 0 Å². The Bertz CT molecular complexity index is 551. The zero-order chi connectivity index (χ0) is 12.5. The van der Waals surface area contributed by atoms with Gasteiger partial charge in [-0.25, -0.2) is 9.97 Å². The fraction of sp³-hybridized carbons (Fsp3) is 0.538. The molecule has 0 saturated heterocycles. The number of aromatic nitrogens is 3. The van der Waals surface area contributed by atoms with Crippen LogP contribution in [-0.2, 0) is 0 Å². The monoisotopic (exact) mass is 308 g/mol. The Balaban J connectivity index is 1.75. The predicted molar refractivity (Wildman–Crippen MR) is 75.7 cm³/mol. The van der Waals surface area contributed by atoms with Crippen molar-refractivity contribution >= 4 is 27.4 Å². The van der Waals surface area contributed by atoms with Crippen LogP contribution in [0.4, 0.5) is 5.82 Å². The van der Waals surface area contributed by atoms with Gasteiger partial charge in [-0.15, -0.1) is 0 Å². The molecular weight excluding hydrogens is 292 g/mol. The molecule has 1 aliphatic rings. The van der Waals surface area contributed by atoms with Gasteiger partial charge in [-0.1, -0.05) is 13.3 Å². The van der Waals surface area contributed by atoms with E-state index in [0.717, 1.165) is 34.4 Å². The first-order chi connectivity index (χ1) is 8.72. The molecule has 0 bridgehead atoms. The third kappa shape index (κ3) is 2.36. The van der Waals surface area contributed by atoms with Crippen LogP contribution in [0.3, 0.4) is 0 Å². The maximum atomic E-state index is 4.48. The van der Waals surface area contributed by atoms with Gasteiger partial charge in [-0.3, -0.25) is 0 Å². The van der Waals surface area contributed by atoms with Crippen LogP contribution in [-0.4, -0.2) is 20.9 Å². The summed E-state index contributed by atoms with van der Waals surface area (Å²) in [5.41, 5.74) is 0.893. The van der Waals surface area contributed by atoms with Crippen LogP contribution in [0.2, 0.25) is 0 Å². The summed E-state index contributed by atoms with van der Waals surface area (Å²) in [5, 5.41) is 3.45. The number of hydrogen-bond donors (Lipinski definition) is 1. The molecule has 2 heterocycles. The molecule has 2 aromatic rings. The summed E-state index contributed by atoms with van der Waals surface area (Å²) in [6.07, 6.45) is 9.66. The molecule has 1 fully saturated rings. The molecule has 1 aliphatic carbocycles. The molecule has 0 aliphatic heterocycles. The van der Waals surface area contributed by atoms with Crippen molar-refractivity contribution in [2.24, 2.45) is 11.8 Å². The molecule has 3 rings (SSSR count). The van der Waals surface area contributed by atoms with E-state index in [1.54, 1.807) is 6.20 Å². The van der Waals surface area contributed by atoms with Crippen LogP contribution < -0.4 is 5.32 Å². The molecule has 0 aromatic carbocycles. The van der Waals surface area contributed by atoms with Crippen molar-refractivity contribution in [1.29, 1.82) is 0 Å². The standard InChI is InChI=1S/C13H17BrN4/c1-9-2-3-10(6-9)7-16-12-13-15-4-5-18(13)8-11(14)17-12/h4-5,8-10H,2-3,6-7H2,1H3,(H,16,17). The SMILES string of the molecule is CC1CCC(CNc2nc(Br)cn3ccnc23)C1. The van der Waals surface area contributed by atoms with Crippen LogP contribution >= 0.6 is 15.9 Å². The largest absolute Gasteiger partial charge is 0.367 e. The number of nitrogens with zero attached hydrogens (tertiary/aromatic N) is 3. The van der Waals surface area contributed by atoms with Gasteiger partial charge in [0.25, 0.3) is 0 Å². The van der Waals surface area contributed by atoms with Crippen LogP contribution in [0, 0.1) is 11.8 Å². The van der Waals surface area contributed by atoms with Crippen molar-refractivity contribution in [2.75, 3.05) is 11.9 Å². The molecule has 0 spiro atoms. The first-order valence-electron chi connectivity index (χ1n) is 6.45. The van der Waals surface area contributed by atoms with E-state index in [1.807, 2.05) is 16.8 Å². The molecule has 0 amide bonds. The maximum absolute atomic E-state index is 4.48. The lowest BCUT2D eigenvalue weighted by atomic mass is 10.1. The Hall–Kier alpha value is -1.10. The van der Waals surface area contributed by atoms with Crippen molar-refractivity contribution in [3.63, 3.8) is 0 Å². The summed E-state index contributed by atoms with van der Waals surface area (Å²) in [6, 6.07) is 0. The Morgan fingerprint density at radius 3 is 3.17 bits per heavy atom. The smallest absolute Gasteiger partial charge is 0.180 e. The second kappa shape index (κ2) is 4.88. The van der Waals surface area contributed by atoms with Gasteiger partial charge in [-0.2, -0.15) is 0 Å². The van der Waals surface area contributed by atoms with Crippen LogP contribution in [0.25, 0.3) is 5.65 Å². The molecule has 96 valence electrons. The van der Waals surface area contributed by atoms with E-state index in [-0.39, 0.29) is 0 Å². The molecule has 0 radical (unpaired) electrons. The van der Waals surface area contributed by atoms with E-state index in [0.29, 0.717) is 0 Å². The summed E-state index contributed by atoms with van der Waals surface area (Å²) >= 11 is 3.43. The van der Waals surface area contributed by atoms with Crippen molar-refractivity contribution in [3.05, 3.63) is 23.2 Å². The third-order valence-corrected chi connectivity index (χ3v) is 4.09. The predicted octanol–water partition coefficient (Wildman–Crippen LogP) is 3.34. The number of fused-ring (bicyclic) bond motifs is 1. The van der Waals surface area contributed by atoms with E-state index in [1.165, 1.54) is 19.3 Å². The summed E-state index contributed by atoms with van der Waals surface area (Å²) < 4.78 is 2.81. The average Bonchev–Trinajstić information content (AvgIpc) is 2.94. The summed E-state index contributed by atoms with van der Waals surface area (Å²) in [7, 11) is 0. The number of anilines is 1. The molecule has 2 aromatic heterocycles. The zero-order valence-corrected chi connectivity index (χ0v) is 12.0. The fourth-order valence-electron chi connectivity index (χ4n) is 2.77. The molecular formula is C13H17BrN4. The number of halogens is 1. The van der Waals surface area contributed by atoms with Gasteiger partial charge in [0.05, 0.1) is 0 Å². The topological polar surface area (TPSA) is 42.2 Å². The summed E-state index contributed by atoms with van der Waals surface area (Å²) in [6.45, 7) is 3.33. The number of rotatable bonds is 3. The molecule has 1 N–H and O–H groups in total. The Morgan fingerprint density at radius 1 is 1.50 bits per heavy atom. The third-order valence-electron chi connectivity index (χ3n) is 3.71. The highest BCUT2D eigenvalue weighted by molar-refractivity contribution is 9.10. The van der Waals surface area contributed by atoms with Gasteiger partial charge < -0.3 is 9.72 Å². The van der Waals surface area contributed by atoms with E-state index in [9.17, 15) is 0 Å². The molecule has 2 unspecified atom stereocenters. The van der Waals surface area contributed by atoms with Crippen molar-refractivity contribution in [3.8, 4) is 0 Å². The van der Waals surface area contributed by atoms with E-state index >= 15 is 0 Å². The quantitative estimate of drug-likeness (QED) is 0.945. The molecule has 1 saturated carbocycles. The Kier molecular flexibility index (Phi) is 3.24. The second-order valence-electron chi connectivity index (χ2n) is 5.24. The summed E-state index contributed by atoms with van der Waals surface area (Å²) in [4.78, 5) is 8.81. The minimum atomic E-state index is 0.774. The summed E-state index contributed by atoms with van der Waals surface area (Å²) in [5.74, 6) is 2.52. The lowest BCUT2D eigenvalue weighted by Gasteiger charge is -2.12. The zero-order valence-electron chi connectivity index (χ0n) is 10.4. The van der Waals surface area contributed by atoms with Crippen molar-refractivity contribution < 1.29 is 0 Å². The van der Waals surface area contributed by atoms with E-state index in [2.05, 4.69) is 38.1 Å². The lowest BCUT2D eigenvalue weighted by Crippen LogP contribution is -2.13. The van der Waals surface area contributed by atoms with Gasteiger partial charge in [0.1, 0.15) is 4.60 Å². The normalized spacial score (nSPS) is 23.7. The molecule has 18 heavy (non-hydrogen) atoms. The van der Waals surface area contributed by atoms with Gasteiger partial charge in [0, 0.05) is 25.1 Å². The first kappa shape index (κ1) is 12.0. The number of hydrogen-bond acceptors (Lipinski definition) is 3.